The number of rotatable bonds is 5. The van der Waals surface area contributed by atoms with E-state index in [4.69, 9.17) is 45.0 Å². The lowest BCUT2D eigenvalue weighted by Crippen LogP contribution is -2.22. The van der Waals surface area contributed by atoms with Crippen LogP contribution in [0.5, 0.6) is 5.75 Å². The molecule has 3 aromatic heterocycles. The molecule has 1 amide bonds. The second-order valence-corrected chi connectivity index (χ2v) is 8.64. The van der Waals surface area contributed by atoms with E-state index in [2.05, 4.69) is 14.8 Å². The Labute approximate surface area is 214 Å². The number of ether oxygens (including phenoxy) is 1. The monoisotopic (exact) mass is 550 g/mol. The average Bonchev–Trinajstić information content (AvgIpc) is 3.22. The highest BCUT2D eigenvalue weighted by Crippen LogP contribution is 2.43. The summed E-state index contributed by atoms with van der Waals surface area (Å²) < 4.78 is 37.6. The van der Waals surface area contributed by atoms with E-state index in [1.807, 2.05) is 0 Å². The molecule has 5 rings (SSSR count). The quantitative estimate of drug-likeness (QED) is 0.293. The van der Waals surface area contributed by atoms with Crippen molar-refractivity contribution in [1.29, 1.82) is 0 Å². The summed E-state index contributed by atoms with van der Waals surface area (Å²) in [5.41, 5.74) is 4.48. The number of hydrogen-bond donors (Lipinski definition) is 1. The van der Waals surface area contributed by atoms with Gasteiger partial charge < -0.3 is 14.9 Å². The Morgan fingerprint density at radius 2 is 1.67 bits per heavy atom. The minimum atomic E-state index is -3.21. The van der Waals surface area contributed by atoms with Gasteiger partial charge >= 0.3 is 12.2 Å². The van der Waals surface area contributed by atoms with E-state index in [1.165, 1.54) is 30.6 Å². The second kappa shape index (κ2) is 9.05. The van der Waals surface area contributed by atoms with E-state index in [9.17, 15) is 18.4 Å². The van der Waals surface area contributed by atoms with Gasteiger partial charge in [-0.1, -0.05) is 34.8 Å². The molecule has 0 radical (unpaired) electrons. The summed E-state index contributed by atoms with van der Waals surface area (Å²) >= 11 is 18.8. The molecular weight excluding hydrogens is 541 g/mol. The van der Waals surface area contributed by atoms with Crippen LogP contribution in [0.25, 0.3) is 38.9 Å². The smallest absolute Gasteiger partial charge is 0.387 e. The van der Waals surface area contributed by atoms with Crippen LogP contribution in [0.15, 0.2) is 58.0 Å². The van der Waals surface area contributed by atoms with Gasteiger partial charge in [0.15, 0.2) is 11.3 Å². The van der Waals surface area contributed by atoms with Crippen molar-refractivity contribution < 1.29 is 22.7 Å². The highest BCUT2D eigenvalue weighted by molar-refractivity contribution is 6.39. The van der Waals surface area contributed by atoms with Crippen LogP contribution in [0.4, 0.5) is 8.78 Å². The van der Waals surface area contributed by atoms with Gasteiger partial charge in [0.2, 0.25) is 11.5 Å². The average molecular weight is 552 g/mol. The SMILES string of the molecule is NC(=O)c1ccc(OC(F)F)c2oc3c(=O)n(-c4ccc(Cl)cc4)nc(-c4c(Cl)cncc4Cl)c3c12. The number of alkyl halides is 2. The molecular formula is C23H11Cl3F2N4O4. The largest absolute Gasteiger partial charge is 0.446 e. The minimum Gasteiger partial charge on any atom is -0.446 e. The van der Waals surface area contributed by atoms with Gasteiger partial charge in [-0.15, -0.1) is 0 Å². The molecule has 0 aliphatic rings. The number of furan rings is 1. The predicted molar refractivity (Wildman–Crippen MR) is 131 cm³/mol. The molecule has 0 saturated carbocycles. The van der Waals surface area contributed by atoms with E-state index in [1.54, 1.807) is 12.1 Å². The molecule has 0 unspecified atom stereocenters. The zero-order valence-electron chi connectivity index (χ0n) is 17.6. The molecule has 0 aliphatic carbocycles. The Morgan fingerprint density at radius 1 is 1.00 bits per heavy atom. The number of carbonyl (C=O) groups excluding carboxylic acids is 1. The normalized spacial score (nSPS) is 11.5. The number of fused-ring (bicyclic) bond motifs is 3. The van der Waals surface area contributed by atoms with Crippen LogP contribution < -0.4 is 16.0 Å². The predicted octanol–water partition coefficient (Wildman–Crippen LogP) is 5.85. The fourth-order valence-electron chi connectivity index (χ4n) is 3.81. The molecule has 5 aromatic rings. The number of amides is 1. The van der Waals surface area contributed by atoms with Gasteiger partial charge in [-0.05, 0) is 36.4 Å². The van der Waals surface area contributed by atoms with Gasteiger partial charge in [-0.3, -0.25) is 14.6 Å². The Balaban J connectivity index is 2.02. The van der Waals surface area contributed by atoms with Crippen molar-refractivity contribution in [3.05, 3.63) is 79.8 Å². The topological polar surface area (TPSA) is 113 Å². The molecule has 36 heavy (non-hydrogen) atoms. The van der Waals surface area contributed by atoms with Crippen LogP contribution in [0.3, 0.4) is 0 Å². The van der Waals surface area contributed by atoms with E-state index in [-0.39, 0.29) is 48.8 Å². The highest BCUT2D eigenvalue weighted by Gasteiger charge is 2.28. The van der Waals surface area contributed by atoms with Crippen molar-refractivity contribution in [3.8, 4) is 22.7 Å². The number of pyridine rings is 1. The molecule has 0 atom stereocenters. The molecule has 13 heteroatoms. The van der Waals surface area contributed by atoms with E-state index in [0.717, 1.165) is 10.7 Å². The number of benzene rings is 2. The zero-order valence-corrected chi connectivity index (χ0v) is 19.9. The van der Waals surface area contributed by atoms with Gasteiger partial charge in [-0.2, -0.15) is 18.6 Å². The zero-order chi connectivity index (χ0) is 25.7. The lowest BCUT2D eigenvalue weighted by atomic mass is 10.0. The van der Waals surface area contributed by atoms with Crippen molar-refractivity contribution in [1.82, 2.24) is 14.8 Å². The van der Waals surface area contributed by atoms with Crippen LogP contribution >= 0.6 is 34.8 Å². The first-order chi connectivity index (χ1) is 17.2. The fourth-order valence-corrected chi connectivity index (χ4v) is 4.48. The van der Waals surface area contributed by atoms with E-state index >= 15 is 0 Å². The van der Waals surface area contributed by atoms with Crippen molar-refractivity contribution in [3.63, 3.8) is 0 Å². The van der Waals surface area contributed by atoms with Gasteiger partial charge in [0, 0.05) is 28.4 Å². The molecule has 0 saturated heterocycles. The lowest BCUT2D eigenvalue weighted by molar-refractivity contribution is -0.0493. The molecule has 0 aliphatic heterocycles. The van der Waals surface area contributed by atoms with Crippen LogP contribution in [0.1, 0.15) is 10.4 Å². The number of primary amides is 1. The first-order valence-electron chi connectivity index (χ1n) is 9.99. The van der Waals surface area contributed by atoms with E-state index in [0.29, 0.717) is 10.7 Å². The molecule has 182 valence electrons. The third kappa shape index (κ3) is 3.93. The Kier molecular flexibility index (Phi) is 6.03. The summed E-state index contributed by atoms with van der Waals surface area (Å²) in [4.78, 5) is 29.8. The molecule has 2 N–H and O–H groups in total. The third-order valence-electron chi connectivity index (χ3n) is 5.27. The summed E-state index contributed by atoms with van der Waals surface area (Å²) in [6, 6.07) is 8.42. The molecule has 2 aromatic carbocycles. The maximum absolute atomic E-state index is 13.5. The summed E-state index contributed by atoms with van der Waals surface area (Å²) in [5, 5.41) is 4.92. The summed E-state index contributed by atoms with van der Waals surface area (Å²) in [5.74, 6) is -1.33. The Hall–Kier alpha value is -3.73. The van der Waals surface area contributed by atoms with Crippen molar-refractivity contribution in [2.24, 2.45) is 5.73 Å². The van der Waals surface area contributed by atoms with Gasteiger partial charge in [0.1, 0.15) is 5.69 Å². The molecule has 8 nitrogen and oxygen atoms in total. The maximum atomic E-state index is 13.5. The van der Waals surface area contributed by atoms with Crippen molar-refractivity contribution >= 4 is 62.6 Å². The number of aromatic nitrogens is 3. The Morgan fingerprint density at radius 3 is 2.28 bits per heavy atom. The summed E-state index contributed by atoms with van der Waals surface area (Å²) in [6.45, 7) is -3.21. The first kappa shape index (κ1) is 24.0. The third-order valence-corrected chi connectivity index (χ3v) is 6.09. The van der Waals surface area contributed by atoms with Crippen molar-refractivity contribution in [2.45, 2.75) is 6.61 Å². The number of nitrogens with zero attached hydrogens (tertiary/aromatic N) is 3. The minimum absolute atomic E-state index is 0.00685. The fraction of sp³-hybridized carbons (Fsp3) is 0.0435. The van der Waals surface area contributed by atoms with E-state index < -0.39 is 23.8 Å². The van der Waals surface area contributed by atoms with Crippen LogP contribution in [0, 0.1) is 0 Å². The van der Waals surface area contributed by atoms with Gasteiger partial charge in [0.25, 0.3) is 0 Å². The summed E-state index contributed by atoms with van der Waals surface area (Å²) in [7, 11) is 0. The number of halogens is 5. The van der Waals surface area contributed by atoms with Crippen LogP contribution in [-0.4, -0.2) is 27.3 Å². The van der Waals surface area contributed by atoms with Crippen LogP contribution in [-0.2, 0) is 0 Å². The molecule has 3 heterocycles. The van der Waals surface area contributed by atoms with Gasteiger partial charge in [0.05, 0.1) is 26.7 Å². The highest BCUT2D eigenvalue weighted by atomic mass is 35.5. The second-order valence-electron chi connectivity index (χ2n) is 7.38. The molecule has 0 bridgehead atoms. The maximum Gasteiger partial charge on any atom is 0.387 e. The number of hydrogen-bond acceptors (Lipinski definition) is 6. The van der Waals surface area contributed by atoms with Crippen molar-refractivity contribution in [2.75, 3.05) is 0 Å². The number of carbonyl (C=O) groups is 1. The Bertz CT molecular complexity index is 1720. The molecule has 0 spiro atoms. The summed E-state index contributed by atoms with van der Waals surface area (Å²) in [6.07, 6.45) is 2.60. The number of nitrogens with two attached hydrogens (primary N) is 1. The first-order valence-corrected chi connectivity index (χ1v) is 11.1. The van der Waals surface area contributed by atoms with Crippen LogP contribution in [0.2, 0.25) is 15.1 Å². The lowest BCUT2D eigenvalue weighted by Gasteiger charge is -2.12. The standard InChI is InChI=1S/C23H11Cl3F2N4O4/c24-9-1-3-10(4-2-9)32-22(34)20-17(18(31-32)16-12(25)7-30-8-13(16)26)15-11(21(29)33)5-6-14(19(15)36-20)35-23(27)28/h1-8,23H,(H2,29,33). The van der Waals surface area contributed by atoms with Gasteiger partial charge in [-0.25, -0.2) is 0 Å². The molecule has 0 fully saturated rings.